The number of hydrogen-bond acceptors (Lipinski definition) is 3. The fourth-order valence-electron chi connectivity index (χ4n) is 0.743. The topological polar surface area (TPSA) is 75.2 Å². The van der Waals surface area contributed by atoms with Crippen molar-refractivity contribution in [2.45, 2.75) is 6.54 Å². The van der Waals surface area contributed by atoms with E-state index in [2.05, 4.69) is 28.4 Å². The highest BCUT2D eigenvalue weighted by Crippen LogP contribution is 1.97. The van der Waals surface area contributed by atoms with Gasteiger partial charge in [0.15, 0.2) is 10.2 Å². The normalized spacial score (nSPS) is 9.14. The Labute approximate surface area is 92.0 Å². The zero-order valence-electron chi connectivity index (χ0n) is 7.24. The molecule has 0 amide bonds. The van der Waals surface area contributed by atoms with Crippen LogP contribution in [0.3, 0.4) is 0 Å². The third kappa shape index (κ3) is 4.06. The molecule has 1 rings (SSSR count). The SMILES string of the molecule is NC(=S)NNC(=S)NCc1ccco1. The fourth-order valence-corrected chi connectivity index (χ4v) is 0.917. The largest absolute Gasteiger partial charge is 0.467 e. The number of nitrogens with one attached hydrogen (secondary N) is 3. The van der Waals surface area contributed by atoms with E-state index in [1.54, 1.807) is 12.3 Å². The Bertz CT molecular complexity index is 311. The average molecular weight is 230 g/mol. The van der Waals surface area contributed by atoms with Crippen molar-refractivity contribution < 1.29 is 4.42 Å². The van der Waals surface area contributed by atoms with Crippen LogP contribution in [0.2, 0.25) is 0 Å². The number of hydrogen-bond donors (Lipinski definition) is 4. The van der Waals surface area contributed by atoms with Crippen molar-refractivity contribution in [3.8, 4) is 0 Å². The molecule has 0 aliphatic rings. The number of nitrogens with two attached hydrogens (primary N) is 1. The predicted octanol–water partition coefficient (Wildman–Crippen LogP) is -0.00810. The second kappa shape index (κ2) is 5.40. The summed E-state index contributed by atoms with van der Waals surface area (Å²) in [5, 5.41) is 3.42. The van der Waals surface area contributed by atoms with Gasteiger partial charge in [0.2, 0.25) is 0 Å². The molecule has 0 radical (unpaired) electrons. The molecule has 0 unspecified atom stereocenters. The van der Waals surface area contributed by atoms with Gasteiger partial charge in [-0.25, -0.2) is 0 Å². The fraction of sp³-hybridized carbons (Fsp3) is 0.143. The molecule has 0 atom stereocenters. The molecule has 0 bridgehead atoms. The molecule has 1 aromatic rings. The molecule has 0 saturated carbocycles. The van der Waals surface area contributed by atoms with Crippen LogP contribution in [0.25, 0.3) is 0 Å². The lowest BCUT2D eigenvalue weighted by Crippen LogP contribution is -2.48. The summed E-state index contributed by atoms with van der Waals surface area (Å²) in [5.74, 6) is 0.796. The van der Waals surface area contributed by atoms with E-state index in [0.717, 1.165) is 5.76 Å². The summed E-state index contributed by atoms with van der Waals surface area (Å²) in [6.45, 7) is 0.512. The van der Waals surface area contributed by atoms with Crippen molar-refractivity contribution in [3.05, 3.63) is 24.2 Å². The summed E-state index contributed by atoms with van der Waals surface area (Å²) in [6.07, 6.45) is 1.60. The van der Waals surface area contributed by atoms with Crippen molar-refractivity contribution in [2.24, 2.45) is 5.73 Å². The van der Waals surface area contributed by atoms with E-state index < -0.39 is 0 Å². The zero-order chi connectivity index (χ0) is 10.4. The van der Waals surface area contributed by atoms with Crippen molar-refractivity contribution in [1.82, 2.24) is 16.2 Å². The molecule has 1 heterocycles. The first kappa shape index (κ1) is 10.7. The van der Waals surface area contributed by atoms with Gasteiger partial charge < -0.3 is 15.5 Å². The molecule has 5 nitrogen and oxygen atoms in total. The Kier molecular flexibility index (Phi) is 4.14. The first-order valence-electron chi connectivity index (χ1n) is 3.80. The van der Waals surface area contributed by atoms with Gasteiger partial charge in [-0.05, 0) is 36.6 Å². The van der Waals surface area contributed by atoms with Gasteiger partial charge in [-0.1, -0.05) is 0 Å². The maximum Gasteiger partial charge on any atom is 0.185 e. The summed E-state index contributed by atoms with van der Waals surface area (Å²) in [7, 11) is 0. The van der Waals surface area contributed by atoms with Gasteiger partial charge in [0.05, 0.1) is 12.8 Å². The van der Waals surface area contributed by atoms with Gasteiger partial charge in [0.25, 0.3) is 0 Å². The minimum atomic E-state index is 0.132. The van der Waals surface area contributed by atoms with Crippen LogP contribution >= 0.6 is 24.4 Å². The molecule has 1 aromatic heterocycles. The lowest BCUT2D eigenvalue weighted by Gasteiger charge is -2.09. The third-order valence-electron chi connectivity index (χ3n) is 1.30. The molecule has 7 heteroatoms. The van der Waals surface area contributed by atoms with Gasteiger partial charge in [-0.15, -0.1) is 0 Å². The summed E-state index contributed by atoms with van der Waals surface area (Å²) in [6, 6.07) is 3.65. The van der Waals surface area contributed by atoms with E-state index in [0.29, 0.717) is 11.7 Å². The van der Waals surface area contributed by atoms with Gasteiger partial charge in [-0.3, -0.25) is 10.9 Å². The summed E-state index contributed by atoms with van der Waals surface area (Å²) in [5.41, 5.74) is 10.3. The van der Waals surface area contributed by atoms with Gasteiger partial charge >= 0.3 is 0 Å². The van der Waals surface area contributed by atoms with Crippen LogP contribution in [0.1, 0.15) is 5.76 Å². The summed E-state index contributed by atoms with van der Waals surface area (Å²) >= 11 is 9.48. The van der Waals surface area contributed by atoms with E-state index in [4.69, 9.17) is 22.4 Å². The van der Waals surface area contributed by atoms with E-state index in [9.17, 15) is 0 Å². The average Bonchev–Trinajstić information content (AvgIpc) is 2.63. The Morgan fingerprint density at radius 3 is 2.79 bits per heavy atom. The predicted molar refractivity (Wildman–Crippen MR) is 61.2 cm³/mol. The van der Waals surface area contributed by atoms with E-state index in [-0.39, 0.29) is 5.11 Å². The molecule has 5 N–H and O–H groups in total. The molecule has 76 valence electrons. The Balaban J connectivity index is 2.18. The second-order valence-electron chi connectivity index (χ2n) is 2.38. The lowest BCUT2D eigenvalue weighted by atomic mass is 10.4. The molecule has 0 saturated heterocycles. The molecular weight excluding hydrogens is 220 g/mol. The smallest absolute Gasteiger partial charge is 0.185 e. The second-order valence-corrected chi connectivity index (χ2v) is 3.22. The Hall–Kier alpha value is -1.34. The highest BCUT2D eigenvalue weighted by Gasteiger charge is 1.97. The van der Waals surface area contributed by atoms with E-state index in [1.165, 1.54) is 0 Å². The zero-order valence-corrected chi connectivity index (χ0v) is 8.87. The van der Waals surface area contributed by atoms with Gasteiger partial charge in [0.1, 0.15) is 5.76 Å². The molecule has 0 aliphatic heterocycles. The number of hydrazine groups is 1. The Morgan fingerprint density at radius 1 is 1.43 bits per heavy atom. The highest BCUT2D eigenvalue weighted by molar-refractivity contribution is 7.80. The quantitative estimate of drug-likeness (QED) is 0.420. The van der Waals surface area contributed by atoms with Crippen molar-refractivity contribution in [1.29, 1.82) is 0 Å². The van der Waals surface area contributed by atoms with E-state index in [1.807, 2.05) is 6.07 Å². The van der Waals surface area contributed by atoms with Crippen LogP contribution < -0.4 is 21.9 Å². The van der Waals surface area contributed by atoms with Crippen molar-refractivity contribution in [2.75, 3.05) is 0 Å². The maximum absolute atomic E-state index is 5.18. The van der Waals surface area contributed by atoms with Crippen molar-refractivity contribution >= 4 is 34.7 Å². The van der Waals surface area contributed by atoms with Crippen LogP contribution in [0.4, 0.5) is 0 Å². The molecule has 0 aromatic carbocycles. The lowest BCUT2D eigenvalue weighted by molar-refractivity contribution is 0.502. The maximum atomic E-state index is 5.18. The summed E-state index contributed by atoms with van der Waals surface area (Å²) < 4.78 is 5.09. The molecule has 0 aliphatic carbocycles. The van der Waals surface area contributed by atoms with Crippen LogP contribution in [-0.2, 0) is 6.54 Å². The first-order valence-corrected chi connectivity index (χ1v) is 4.62. The molecule has 0 spiro atoms. The standard InChI is InChI=1S/C7H10N4OS2/c8-6(13)10-11-7(14)9-4-5-2-1-3-12-5/h1-3H,4H2,(H3,8,10,13)(H2,9,11,14). The van der Waals surface area contributed by atoms with Crippen molar-refractivity contribution in [3.63, 3.8) is 0 Å². The van der Waals surface area contributed by atoms with Crippen LogP contribution in [0.15, 0.2) is 22.8 Å². The molecule has 0 fully saturated rings. The summed E-state index contributed by atoms with van der Waals surface area (Å²) in [4.78, 5) is 0. The van der Waals surface area contributed by atoms with Crippen LogP contribution in [-0.4, -0.2) is 10.2 Å². The number of furan rings is 1. The van der Waals surface area contributed by atoms with Crippen LogP contribution in [0.5, 0.6) is 0 Å². The number of rotatable bonds is 2. The molecule has 14 heavy (non-hydrogen) atoms. The van der Waals surface area contributed by atoms with E-state index >= 15 is 0 Å². The Morgan fingerprint density at radius 2 is 2.21 bits per heavy atom. The molecular formula is C7H10N4OS2. The minimum Gasteiger partial charge on any atom is -0.467 e. The van der Waals surface area contributed by atoms with Gasteiger partial charge in [-0.2, -0.15) is 0 Å². The van der Waals surface area contributed by atoms with Gasteiger partial charge in [0, 0.05) is 0 Å². The number of thiocarbonyl (C=S) groups is 2. The minimum absolute atomic E-state index is 0.132. The highest BCUT2D eigenvalue weighted by atomic mass is 32.1. The third-order valence-corrected chi connectivity index (χ3v) is 1.65. The monoisotopic (exact) mass is 230 g/mol. The first-order chi connectivity index (χ1) is 6.68. The van der Waals surface area contributed by atoms with Crippen LogP contribution in [0, 0.1) is 0 Å².